The first-order valence-corrected chi connectivity index (χ1v) is 24.5. The molecule has 0 aliphatic rings. The predicted octanol–water partition coefficient (Wildman–Crippen LogP) is 16.3. The number of carbonyl (C=O) groups is 2. The largest absolute Gasteiger partial charge is 0.462 e. The molecular formula is C53H92O5. The molecule has 0 bridgehead atoms. The van der Waals surface area contributed by atoms with Crippen molar-refractivity contribution in [1.29, 1.82) is 0 Å². The highest BCUT2D eigenvalue weighted by Crippen LogP contribution is 2.13. The molecule has 0 aromatic carbocycles. The summed E-state index contributed by atoms with van der Waals surface area (Å²) < 4.78 is 17.3. The van der Waals surface area contributed by atoms with Crippen molar-refractivity contribution in [3.63, 3.8) is 0 Å². The first-order chi connectivity index (χ1) is 28.6. The van der Waals surface area contributed by atoms with Gasteiger partial charge < -0.3 is 14.2 Å². The number of allylic oxidation sites excluding steroid dienone is 12. The second kappa shape index (κ2) is 48.7. The van der Waals surface area contributed by atoms with Crippen LogP contribution in [0.1, 0.15) is 226 Å². The third-order valence-electron chi connectivity index (χ3n) is 10.2. The molecule has 0 aliphatic carbocycles. The van der Waals surface area contributed by atoms with Gasteiger partial charge in [0.25, 0.3) is 0 Å². The Labute approximate surface area is 359 Å². The standard InChI is InChI=1S/C53H92O5/c1-4-7-10-13-16-19-22-24-26-27-29-30-32-34-37-40-43-46-52(54)57-50-51(49-56-48-45-42-39-36-21-18-15-12-9-6-3)58-53(55)47-44-41-38-35-33-31-28-25-23-20-17-14-11-8-5-2/h7,10,16,19,24-26,28-30,34,37,51H,4-6,8-9,11-15,17-18,20-23,27,31-33,35-36,38-50H2,1-3H3/b10-7-,19-16-,26-24-,28-25-,30-29-,37-34-. The Morgan fingerprint density at radius 2 is 0.793 bits per heavy atom. The zero-order valence-corrected chi connectivity index (χ0v) is 38.3. The summed E-state index contributed by atoms with van der Waals surface area (Å²) in [5.74, 6) is -0.472. The van der Waals surface area contributed by atoms with Crippen molar-refractivity contribution in [2.75, 3.05) is 19.8 Å². The van der Waals surface area contributed by atoms with E-state index in [2.05, 4.69) is 93.7 Å². The van der Waals surface area contributed by atoms with E-state index in [1.807, 2.05) is 0 Å². The Balaban J connectivity index is 4.34. The predicted molar refractivity (Wildman–Crippen MR) is 251 cm³/mol. The molecule has 0 radical (unpaired) electrons. The fourth-order valence-corrected chi connectivity index (χ4v) is 6.60. The summed E-state index contributed by atoms with van der Waals surface area (Å²) in [5.41, 5.74) is 0. The number of unbranched alkanes of at least 4 members (excludes halogenated alkanes) is 21. The molecule has 334 valence electrons. The van der Waals surface area contributed by atoms with Gasteiger partial charge >= 0.3 is 11.9 Å². The van der Waals surface area contributed by atoms with Gasteiger partial charge in [-0.1, -0.05) is 203 Å². The van der Waals surface area contributed by atoms with Gasteiger partial charge in [-0.15, -0.1) is 0 Å². The van der Waals surface area contributed by atoms with Gasteiger partial charge in [0.15, 0.2) is 6.10 Å². The Bertz CT molecular complexity index is 1050. The zero-order chi connectivity index (χ0) is 42.1. The Morgan fingerprint density at radius 3 is 1.31 bits per heavy atom. The van der Waals surface area contributed by atoms with Gasteiger partial charge in [-0.3, -0.25) is 9.59 Å². The van der Waals surface area contributed by atoms with E-state index in [1.54, 1.807) is 0 Å². The summed E-state index contributed by atoms with van der Waals surface area (Å²) in [6.07, 6.45) is 61.9. The summed E-state index contributed by atoms with van der Waals surface area (Å²) in [7, 11) is 0. The van der Waals surface area contributed by atoms with E-state index in [9.17, 15) is 9.59 Å². The lowest BCUT2D eigenvalue weighted by Gasteiger charge is -2.18. The lowest BCUT2D eigenvalue weighted by molar-refractivity contribution is -0.163. The number of esters is 2. The van der Waals surface area contributed by atoms with Crippen molar-refractivity contribution in [3.05, 3.63) is 72.9 Å². The lowest BCUT2D eigenvalue weighted by atomic mass is 10.1. The van der Waals surface area contributed by atoms with Crippen molar-refractivity contribution in [3.8, 4) is 0 Å². The van der Waals surface area contributed by atoms with Gasteiger partial charge in [-0.05, 0) is 83.5 Å². The monoisotopic (exact) mass is 809 g/mol. The van der Waals surface area contributed by atoms with Gasteiger partial charge in [0.05, 0.1) is 6.61 Å². The average Bonchev–Trinajstić information content (AvgIpc) is 3.22. The average molecular weight is 809 g/mol. The van der Waals surface area contributed by atoms with Crippen LogP contribution in [0.3, 0.4) is 0 Å². The normalized spacial score (nSPS) is 12.8. The number of hydrogen-bond acceptors (Lipinski definition) is 5. The van der Waals surface area contributed by atoms with Crippen molar-refractivity contribution < 1.29 is 23.8 Å². The van der Waals surface area contributed by atoms with Crippen LogP contribution in [0, 0.1) is 0 Å². The zero-order valence-electron chi connectivity index (χ0n) is 38.3. The summed E-state index contributed by atoms with van der Waals surface area (Å²) in [4.78, 5) is 25.3. The topological polar surface area (TPSA) is 61.8 Å². The van der Waals surface area contributed by atoms with E-state index in [0.29, 0.717) is 19.4 Å². The Kier molecular flexibility index (Phi) is 46.5. The maximum atomic E-state index is 12.7. The number of rotatable bonds is 44. The quantitative estimate of drug-likeness (QED) is 0.0348. The minimum Gasteiger partial charge on any atom is -0.462 e. The third-order valence-corrected chi connectivity index (χ3v) is 10.2. The van der Waals surface area contributed by atoms with Gasteiger partial charge in [0.1, 0.15) is 6.61 Å². The molecule has 0 fully saturated rings. The molecule has 0 aromatic rings. The number of hydrogen-bond donors (Lipinski definition) is 0. The minimum absolute atomic E-state index is 0.0522. The fraction of sp³-hybridized carbons (Fsp3) is 0.736. The van der Waals surface area contributed by atoms with Crippen molar-refractivity contribution in [2.45, 2.75) is 232 Å². The molecule has 58 heavy (non-hydrogen) atoms. The number of ether oxygens (including phenoxy) is 3. The highest BCUT2D eigenvalue weighted by molar-refractivity contribution is 5.70. The Hall–Kier alpha value is -2.66. The van der Waals surface area contributed by atoms with E-state index in [0.717, 1.165) is 83.5 Å². The molecule has 0 saturated carbocycles. The molecular weight excluding hydrogens is 717 g/mol. The summed E-state index contributed by atoms with van der Waals surface area (Å²) in [6.45, 7) is 7.64. The van der Waals surface area contributed by atoms with Crippen LogP contribution in [-0.4, -0.2) is 37.9 Å². The van der Waals surface area contributed by atoms with Crippen LogP contribution in [0.4, 0.5) is 0 Å². The maximum absolute atomic E-state index is 12.7. The molecule has 0 amide bonds. The summed E-state index contributed by atoms with van der Waals surface area (Å²) in [5, 5.41) is 0. The molecule has 0 aromatic heterocycles. The Morgan fingerprint density at radius 1 is 0.397 bits per heavy atom. The molecule has 0 heterocycles. The maximum Gasteiger partial charge on any atom is 0.306 e. The van der Waals surface area contributed by atoms with Crippen LogP contribution in [0.5, 0.6) is 0 Å². The molecule has 0 saturated heterocycles. The van der Waals surface area contributed by atoms with E-state index in [4.69, 9.17) is 14.2 Å². The van der Waals surface area contributed by atoms with Gasteiger partial charge in [0.2, 0.25) is 0 Å². The number of carbonyl (C=O) groups excluding carboxylic acids is 2. The molecule has 0 aliphatic heterocycles. The van der Waals surface area contributed by atoms with Crippen molar-refractivity contribution >= 4 is 11.9 Å². The van der Waals surface area contributed by atoms with Crippen molar-refractivity contribution in [2.24, 2.45) is 0 Å². The second-order valence-corrected chi connectivity index (χ2v) is 16.0. The van der Waals surface area contributed by atoms with Crippen LogP contribution >= 0.6 is 0 Å². The van der Waals surface area contributed by atoms with Crippen molar-refractivity contribution in [1.82, 2.24) is 0 Å². The van der Waals surface area contributed by atoms with E-state index < -0.39 is 6.10 Å². The molecule has 0 spiro atoms. The van der Waals surface area contributed by atoms with Crippen LogP contribution in [0.15, 0.2) is 72.9 Å². The van der Waals surface area contributed by atoms with Crippen LogP contribution < -0.4 is 0 Å². The molecule has 1 unspecified atom stereocenters. The fourth-order valence-electron chi connectivity index (χ4n) is 6.60. The SMILES string of the molecule is CC/C=C\C/C=C\C/C=C\C/C=C\C/C=C\CCCC(=O)OCC(COCCCCCCCCCCCC)OC(=O)CCCCCCC/C=C\CCCCCCCC. The third kappa shape index (κ3) is 46.0. The molecule has 0 N–H and O–H groups in total. The molecule has 1 atom stereocenters. The first-order valence-electron chi connectivity index (χ1n) is 24.5. The molecule has 0 rings (SSSR count). The van der Waals surface area contributed by atoms with Crippen LogP contribution in [0.25, 0.3) is 0 Å². The van der Waals surface area contributed by atoms with E-state index in [1.165, 1.54) is 109 Å². The van der Waals surface area contributed by atoms with E-state index >= 15 is 0 Å². The summed E-state index contributed by atoms with van der Waals surface area (Å²) in [6, 6.07) is 0. The van der Waals surface area contributed by atoms with Gasteiger partial charge in [0, 0.05) is 19.4 Å². The van der Waals surface area contributed by atoms with Crippen LogP contribution in [0.2, 0.25) is 0 Å². The molecule has 5 nitrogen and oxygen atoms in total. The highest BCUT2D eigenvalue weighted by atomic mass is 16.6. The smallest absolute Gasteiger partial charge is 0.306 e. The van der Waals surface area contributed by atoms with E-state index in [-0.39, 0.29) is 25.2 Å². The first kappa shape index (κ1) is 55.3. The van der Waals surface area contributed by atoms with Crippen LogP contribution in [-0.2, 0) is 23.8 Å². The minimum atomic E-state index is -0.561. The molecule has 5 heteroatoms. The highest BCUT2D eigenvalue weighted by Gasteiger charge is 2.17. The van der Waals surface area contributed by atoms with Gasteiger partial charge in [-0.2, -0.15) is 0 Å². The summed E-state index contributed by atoms with van der Waals surface area (Å²) >= 11 is 0. The lowest BCUT2D eigenvalue weighted by Crippen LogP contribution is -2.30. The van der Waals surface area contributed by atoms with Gasteiger partial charge in [-0.25, -0.2) is 0 Å². The second-order valence-electron chi connectivity index (χ2n) is 16.0.